The molecule has 4 atom stereocenters. The van der Waals surface area contributed by atoms with Crippen LogP contribution in [0.3, 0.4) is 0 Å². The maximum atomic E-state index is 4.74. The summed E-state index contributed by atoms with van der Waals surface area (Å²) in [5, 5.41) is 0. The molecule has 13 heavy (non-hydrogen) atoms. The molecule has 0 spiro atoms. The highest BCUT2D eigenvalue weighted by molar-refractivity contribution is 6.41. The number of hydrogen-bond donors (Lipinski definition) is 0. The Bertz CT molecular complexity index is 250. The molecule has 0 saturated heterocycles. The number of rotatable bonds is 0. The van der Waals surface area contributed by atoms with Gasteiger partial charge in [-0.2, -0.15) is 0 Å². The fourth-order valence-corrected chi connectivity index (χ4v) is 2.58. The Kier molecular flexibility index (Phi) is 2.01. The normalized spacial score (nSPS) is 44.0. The zero-order valence-electron chi connectivity index (χ0n) is 8.91. The first kappa shape index (κ1) is 8.92. The van der Waals surface area contributed by atoms with Crippen molar-refractivity contribution in [1.29, 1.82) is 0 Å². The highest BCUT2D eigenvalue weighted by Gasteiger charge is 2.40. The third-order valence-electron chi connectivity index (χ3n) is 3.47. The van der Waals surface area contributed by atoms with E-state index < -0.39 is 0 Å². The van der Waals surface area contributed by atoms with Crippen molar-refractivity contribution in [3.8, 4) is 0 Å². The Balaban J connectivity index is 2.31. The number of aliphatic imine (C=N–C) groups is 2. The summed E-state index contributed by atoms with van der Waals surface area (Å²) in [4.78, 5) is 9.49. The monoisotopic (exact) mass is 178 g/mol. The lowest BCUT2D eigenvalue weighted by Crippen LogP contribution is -2.31. The van der Waals surface area contributed by atoms with Crippen LogP contribution in [0.5, 0.6) is 0 Å². The molecular formula is C11H18N2. The molecule has 0 radical (unpaired) electrons. The zero-order chi connectivity index (χ0) is 9.59. The first-order chi connectivity index (χ1) is 6.09. The molecule has 0 unspecified atom stereocenters. The predicted molar refractivity (Wildman–Crippen MR) is 56.7 cm³/mol. The molecule has 1 heterocycles. The van der Waals surface area contributed by atoms with Gasteiger partial charge in [0.25, 0.3) is 0 Å². The van der Waals surface area contributed by atoms with Gasteiger partial charge in [0.1, 0.15) is 0 Å². The van der Waals surface area contributed by atoms with E-state index in [2.05, 4.69) is 27.7 Å². The second-order valence-electron chi connectivity index (χ2n) is 4.60. The van der Waals surface area contributed by atoms with Crippen molar-refractivity contribution in [3.63, 3.8) is 0 Å². The lowest BCUT2D eigenvalue weighted by molar-refractivity contribution is 0.484. The van der Waals surface area contributed by atoms with Crippen LogP contribution < -0.4 is 0 Å². The topological polar surface area (TPSA) is 24.7 Å². The fraction of sp³-hybridized carbons (Fsp3) is 0.818. The van der Waals surface area contributed by atoms with Crippen molar-refractivity contribution in [2.45, 2.75) is 46.2 Å². The van der Waals surface area contributed by atoms with Gasteiger partial charge in [-0.3, -0.25) is 9.98 Å². The predicted octanol–water partition coefficient (Wildman–Crippen LogP) is 2.33. The van der Waals surface area contributed by atoms with Gasteiger partial charge >= 0.3 is 0 Å². The van der Waals surface area contributed by atoms with Gasteiger partial charge in [0.05, 0.1) is 23.5 Å². The molecule has 0 N–H and O–H groups in total. The van der Waals surface area contributed by atoms with Crippen LogP contribution in [-0.2, 0) is 0 Å². The second kappa shape index (κ2) is 2.93. The summed E-state index contributed by atoms with van der Waals surface area (Å²) < 4.78 is 0. The van der Waals surface area contributed by atoms with Crippen LogP contribution in [0.1, 0.15) is 34.1 Å². The Labute approximate surface area is 80.2 Å². The Hall–Kier alpha value is -0.660. The molecule has 2 nitrogen and oxygen atoms in total. The maximum Gasteiger partial charge on any atom is 0.0755 e. The molecule has 1 aliphatic carbocycles. The minimum atomic E-state index is 0.471. The van der Waals surface area contributed by atoms with Crippen LogP contribution in [0.4, 0.5) is 0 Å². The van der Waals surface area contributed by atoms with Crippen LogP contribution in [0.2, 0.25) is 0 Å². The van der Waals surface area contributed by atoms with E-state index in [9.17, 15) is 0 Å². The van der Waals surface area contributed by atoms with Gasteiger partial charge in [-0.15, -0.1) is 0 Å². The van der Waals surface area contributed by atoms with E-state index in [-0.39, 0.29) is 0 Å². The van der Waals surface area contributed by atoms with E-state index in [1.54, 1.807) is 0 Å². The Morgan fingerprint density at radius 2 is 1.31 bits per heavy atom. The van der Waals surface area contributed by atoms with Crippen molar-refractivity contribution in [3.05, 3.63) is 0 Å². The molecule has 0 aromatic carbocycles. The van der Waals surface area contributed by atoms with E-state index in [4.69, 9.17) is 9.98 Å². The fourth-order valence-electron chi connectivity index (χ4n) is 2.58. The van der Waals surface area contributed by atoms with Gasteiger partial charge in [0.2, 0.25) is 0 Å². The quantitative estimate of drug-likeness (QED) is 0.544. The highest BCUT2D eigenvalue weighted by Crippen LogP contribution is 2.37. The average molecular weight is 178 g/mol. The molecule has 1 fully saturated rings. The summed E-state index contributed by atoms with van der Waals surface area (Å²) in [6.07, 6.45) is 1.28. The van der Waals surface area contributed by atoms with Crippen LogP contribution in [0.25, 0.3) is 0 Å². The smallest absolute Gasteiger partial charge is 0.0755 e. The van der Waals surface area contributed by atoms with Gasteiger partial charge in [-0.05, 0) is 32.1 Å². The minimum absolute atomic E-state index is 0.471. The first-order valence-corrected chi connectivity index (χ1v) is 5.18. The zero-order valence-corrected chi connectivity index (χ0v) is 8.91. The lowest BCUT2D eigenvalue weighted by atomic mass is 10.0. The molecule has 0 aromatic heterocycles. The number of nitrogens with zero attached hydrogens (tertiary/aromatic N) is 2. The Morgan fingerprint density at radius 1 is 0.923 bits per heavy atom. The SMILES string of the molecule is CC1=N[C@@H]2[C@H](N=C1C)[C@H](C)C[C@H]2C. The number of hydrogen-bond acceptors (Lipinski definition) is 2. The van der Waals surface area contributed by atoms with Gasteiger partial charge < -0.3 is 0 Å². The standard InChI is InChI=1S/C11H18N2/c1-6-5-7(2)11-10(6)12-8(3)9(4)13-11/h6-7,10-11H,5H2,1-4H3/t6-,7-,10-,11+/m1/s1. The highest BCUT2D eigenvalue weighted by atomic mass is 15.0. The van der Waals surface area contributed by atoms with Crippen molar-refractivity contribution >= 4 is 11.4 Å². The minimum Gasteiger partial charge on any atom is -0.282 e. The van der Waals surface area contributed by atoms with Crippen LogP contribution in [0.15, 0.2) is 9.98 Å². The molecule has 2 rings (SSSR count). The van der Waals surface area contributed by atoms with Gasteiger partial charge in [0.15, 0.2) is 0 Å². The van der Waals surface area contributed by atoms with E-state index >= 15 is 0 Å². The lowest BCUT2D eigenvalue weighted by Gasteiger charge is -2.23. The summed E-state index contributed by atoms with van der Waals surface area (Å²) >= 11 is 0. The summed E-state index contributed by atoms with van der Waals surface area (Å²) in [5.41, 5.74) is 2.28. The van der Waals surface area contributed by atoms with Crippen LogP contribution in [-0.4, -0.2) is 23.5 Å². The summed E-state index contributed by atoms with van der Waals surface area (Å²) in [6.45, 7) is 8.75. The van der Waals surface area contributed by atoms with Crippen LogP contribution in [0, 0.1) is 11.8 Å². The molecule has 1 aliphatic heterocycles. The summed E-state index contributed by atoms with van der Waals surface area (Å²) in [7, 11) is 0. The third kappa shape index (κ3) is 1.32. The molecule has 0 bridgehead atoms. The summed E-state index contributed by atoms with van der Waals surface area (Å²) in [6, 6.07) is 0.942. The molecule has 2 aliphatic rings. The molecule has 72 valence electrons. The largest absolute Gasteiger partial charge is 0.282 e. The van der Waals surface area contributed by atoms with E-state index in [1.807, 2.05) is 0 Å². The maximum absolute atomic E-state index is 4.74. The van der Waals surface area contributed by atoms with Gasteiger partial charge in [-0.25, -0.2) is 0 Å². The molecule has 0 amide bonds. The Morgan fingerprint density at radius 3 is 1.69 bits per heavy atom. The van der Waals surface area contributed by atoms with Crippen molar-refractivity contribution in [2.24, 2.45) is 21.8 Å². The van der Waals surface area contributed by atoms with Crippen molar-refractivity contribution in [2.75, 3.05) is 0 Å². The van der Waals surface area contributed by atoms with Crippen molar-refractivity contribution in [1.82, 2.24) is 0 Å². The van der Waals surface area contributed by atoms with Gasteiger partial charge in [-0.1, -0.05) is 13.8 Å². The molecule has 2 heteroatoms. The second-order valence-corrected chi connectivity index (χ2v) is 4.60. The van der Waals surface area contributed by atoms with Gasteiger partial charge in [0, 0.05) is 0 Å². The molecular weight excluding hydrogens is 160 g/mol. The third-order valence-corrected chi connectivity index (χ3v) is 3.47. The van der Waals surface area contributed by atoms with Crippen LogP contribution >= 0.6 is 0 Å². The van der Waals surface area contributed by atoms with Crippen molar-refractivity contribution < 1.29 is 0 Å². The van der Waals surface area contributed by atoms with E-state index in [1.165, 1.54) is 6.42 Å². The van der Waals surface area contributed by atoms with E-state index in [0.29, 0.717) is 23.9 Å². The molecule has 1 saturated carbocycles. The van der Waals surface area contributed by atoms with E-state index in [0.717, 1.165) is 11.4 Å². The molecule has 0 aromatic rings. The number of fused-ring (bicyclic) bond motifs is 1. The average Bonchev–Trinajstić information content (AvgIpc) is 2.31. The summed E-state index contributed by atoms with van der Waals surface area (Å²) in [5.74, 6) is 1.43. The first-order valence-electron chi connectivity index (χ1n) is 5.18.